The van der Waals surface area contributed by atoms with Gasteiger partial charge in [-0.2, -0.15) is 0 Å². The fraction of sp³-hybridized carbons (Fsp3) is 0.409. The monoisotopic (exact) mass is 366 g/mol. The van der Waals surface area contributed by atoms with Gasteiger partial charge in [-0.05, 0) is 37.6 Å². The summed E-state index contributed by atoms with van der Waals surface area (Å²) in [5.41, 5.74) is 3.17. The van der Waals surface area contributed by atoms with Crippen LogP contribution in [0.5, 0.6) is 0 Å². The summed E-state index contributed by atoms with van der Waals surface area (Å²) in [5.74, 6) is 0.740. The van der Waals surface area contributed by atoms with Gasteiger partial charge in [-0.25, -0.2) is 9.37 Å². The Kier molecular flexibility index (Phi) is 5.50. The van der Waals surface area contributed by atoms with Crippen molar-refractivity contribution in [1.29, 1.82) is 0 Å². The largest absolute Gasteiger partial charge is 0.328 e. The molecule has 0 unspecified atom stereocenters. The molecule has 0 aliphatic carbocycles. The van der Waals surface area contributed by atoms with Crippen molar-refractivity contribution in [3.05, 3.63) is 65.7 Å². The molecule has 0 atom stereocenters. The molecular weight excluding hydrogens is 339 g/mol. The normalized spacial score (nSPS) is 16.2. The first-order chi connectivity index (χ1) is 13.2. The van der Waals surface area contributed by atoms with Gasteiger partial charge >= 0.3 is 0 Å². The van der Waals surface area contributed by atoms with Crippen molar-refractivity contribution in [3.8, 4) is 0 Å². The Hall–Kier alpha value is -2.24. The lowest BCUT2D eigenvalue weighted by Gasteiger charge is -2.34. The van der Waals surface area contributed by atoms with Crippen LogP contribution in [0.3, 0.4) is 0 Å². The highest BCUT2D eigenvalue weighted by atomic mass is 19.1. The second-order valence-electron chi connectivity index (χ2n) is 7.40. The first kappa shape index (κ1) is 18.1. The number of fused-ring (bicyclic) bond motifs is 1. The van der Waals surface area contributed by atoms with E-state index in [4.69, 9.17) is 0 Å². The zero-order chi connectivity index (χ0) is 18.6. The molecule has 1 aliphatic rings. The zero-order valence-corrected chi connectivity index (χ0v) is 15.9. The molecule has 0 N–H and O–H groups in total. The van der Waals surface area contributed by atoms with Crippen molar-refractivity contribution < 1.29 is 4.39 Å². The fourth-order valence-electron chi connectivity index (χ4n) is 3.97. The molecule has 142 valence electrons. The number of halogens is 1. The smallest absolute Gasteiger partial charge is 0.125 e. The number of nitrogens with zero attached hydrogens (tertiary/aromatic N) is 4. The van der Waals surface area contributed by atoms with Crippen molar-refractivity contribution >= 4 is 11.0 Å². The molecule has 2 aromatic carbocycles. The lowest BCUT2D eigenvalue weighted by Crippen LogP contribution is -2.46. The first-order valence-corrected chi connectivity index (χ1v) is 9.80. The maximum absolute atomic E-state index is 13.4. The van der Waals surface area contributed by atoms with Crippen LogP contribution in [0.4, 0.5) is 4.39 Å². The van der Waals surface area contributed by atoms with Gasteiger partial charge < -0.3 is 9.47 Å². The van der Waals surface area contributed by atoms with Crippen LogP contribution < -0.4 is 0 Å². The van der Waals surface area contributed by atoms with Crippen molar-refractivity contribution in [2.45, 2.75) is 26.4 Å². The van der Waals surface area contributed by atoms with E-state index in [0.29, 0.717) is 0 Å². The van der Waals surface area contributed by atoms with Gasteiger partial charge in [0.2, 0.25) is 0 Å². The Morgan fingerprint density at radius 2 is 1.67 bits per heavy atom. The van der Waals surface area contributed by atoms with Crippen LogP contribution in [-0.2, 0) is 13.1 Å². The summed E-state index contributed by atoms with van der Waals surface area (Å²) in [7, 11) is 0. The number of aryl methyl sites for hydroxylation is 2. The summed E-state index contributed by atoms with van der Waals surface area (Å²) in [6.45, 7) is 9.58. The summed E-state index contributed by atoms with van der Waals surface area (Å²) in [6, 6.07) is 15.6. The SMILES string of the molecule is Cc1nc2cc(F)ccc2n1CCCN1CCN(Cc2ccccc2)CC1. The van der Waals surface area contributed by atoms with E-state index in [0.717, 1.165) is 69.1 Å². The van der Waals surface area contributed by atoms with Gasteiger partial charge in [0.15, 0.2) is 0 Å². The van der Waals surface area contributed by atoms with Gasteiger partial charge in [-0.3, -0.25) is 4.90 Å². The number of hydrogen-bond donors (Lipinski definition) is 0. The Balaban J connectivity index is 1.25. The van der Waals surface area contributed by atoms with Crippen LogP contribution in [-0.4, -0.2) is 52.1 Å². The van der Waals surface area contributed by atoms with E-state index >= 15 is 0 Å². The second kappa shape index (κ2) is 8.19. The number of imidazole rings is 1. The summed E-state index contributed by atoms with van der Waals surface area (Å²) in [4.78, 5) is 9.58. The van der Waals surface area contributed by atoms with E-state index in [2.05, 4.69) is 49.7 Å². The molecule has 1 fully saturated rings. The van der Waals surface area contributed by atoms with Gasteiger partial charge in [-0.1, -0.05) is 30.3 Å². The van der Waals surface area contributed by atoms with Gasteiger partial charge in [0.1, 0.15) is 11.6 Å². The molecule has 4 nitrogen and oxygen atoms in total. The Bertz CT molecular complexity index is 882. The van der Waals surface area contributed by atoms with Crippen LogP contribution in [0.1, 0.15) is 17.8 Å². The Morgan fingerprint density at radius 3 is 2.44 bits per heavy atom. The Morgan fingerprint density at radius 1 is 0.926 bits per heavy atom. The minimum Gasteiger partial charge on any atom is -0.328 e. The van der Waals surface area contributed by atoms with Crippen LogP contribution >= 0.6 is 0 Å². The number of aromatic nitrogens is 2. The predicted octanol–water partition coefficient (Wildman–Crippen LogP) is 3.69. The zero-order valence-electron chi connectivity index (χ0n) is 15.9. The molecule has 27 heavy (non-hydrogen) atoms. The molecule has 0 radical (unpaired) electrons. The molecule has 0 amide bonds. The van der Waals surface area contributed by atoms with E-state index in [9.17, 15) is 4.39 Å². The van der Waals surface area contributed by atoms with Crippen molar-refractivity contribution in [3.63, 3.8) is 0 Å². The van der Waals surface area contributed by atoms with Gasteiger partial charge in [0.05, 0.1) is 11.0 Å². The van der Waals surface area contributed by atoms with Crippen molar-refractivity contribution in [1.82, 2.24) is 19.4 Å². The molecule has 0 spiro atoms. The van der Waals surface area contributed by atoms with Gasteiger partial charge in [-0.15, -0.1) is 0 Å². The third kappa shape index (κ3) is 4.37. The number of benzene rings is 2. The van der Waals surface area contributed by atoms with E-state index < -0.39 is 0 Å². The third-order valence-electron chi connectivity index (χ3n) is 5.47. The summed E-state index contributed by atoms with van der Waals surface area (Å²) < 4.78 is 15.6. The summed E-state index contributed by atoms with van der Waals surface area (Å²) >= 11 is 0. The highest BCUT2D eigenvalue weighted by Gasteiger charge is 2.17. The molecule has 0 saturated carbocycles. The van der Waals surface area contributed by atoms with Crippen LogP contribution in [0.15, 0.2) is 48.5 Å². The van der Waals surface area contributed by atoms with Crippen molar-refractivity contribution in [2.75, 3.05) is 32.7 Å². The van der Waals surface area contributed by atoms with Gasteiger partial charge in [0.25, 0.3) is 0 Å². The van der Waals surface area contributed by atoms with Crippen LogP contribution in [0.2, 0.25) is 0 Å². The van der Waals surface area contributed by atoms with Crippen LogP contribution in [0.25, 0.3) is 11.0 Å². The molecule has 2 heterocycles. The topological polar surface area (TPSA) is 24.3 Å². The molecule has 1 aromatic heterocycles. The van der Waals surface area contributed by atoms with E-state index in [-0.39, 0.29) is 5.82 Å². The minimum absolute atomic E-state index is 0.222. The van der Waals surface area contributed by atoms with Crippen molar-refractivity contribution in [2.24, 2.45) is 0 Å². The standard InChI is InChI=1S/C22H27FN4/c1-18-24-21-16-20(23)8-9-22(21)27(18)11-5-10-25-12-14-26(15-13-25)17-19-6-3-2-4-7-19/h2-4,6-9,16H,5,10-15,17H2,1H3. The number of piperazine rings is 1. The quantitative estimate of drug-likeness (QED) is 0.665. The average molecular weight is 366 g/mol. The highest BCUT2D eigenvalue weighted by molar-refractivity contribution is 5.76. The van der Waals surface area contributed by atoms with Gasteiger partial charge in [0, 0.05) is 45.3 Å². The van der Waals surface area contributed by atoms with E-state index in [1.807, 2.05) is 13.0 Å². The third-order valence-corrected chi connectivity index (χ3v) is 5.47. The highest BCUT2D eigenvalue weighted by Crippen LogP contribution is 2.18. The first-order valence-electron chi connectivity index (χ1n) is 9.80. The van der Waals surface area contributed by atoms with Crippen LogP contribution in [0, 0.1) is 12.7 Å². The molecule has 3 aromatic rings. The number of hydrogen-bond acceptors (Lipinski definition) is 3. The minimum atomic E-state index is -0.222. The summed E-state index contributed by atoms with van der Waals surface area (Å²) in [5, 5.41) is 0. The number of rotatable bonds is 6. The lowest BCUT2D eigenvalue weighted by atomic mass is 10.2. The fourth-order valence-corrected chi connectivity index (χ4v) is 3.97. The molecule has 1 aliphatic heterocycles. The average Bonchev–Trinajstić information content (AvgIpc) is 2.98. The summed E-state index contributed by atoms with van der Waals surface area (Å²) in [6.07, 6.45) is 1.09. The van der Waals surface area contributed by atoms with E-state index in [1.54, 1.807) is 0 Å². The predicted molar refractivity (Wildman–Crippen MR) is 107 cm³/mol. The van der Waals surface area contributed by atoms with E-state index in [1.165, 1.54) is 17.7 Å². The molecular formula is C22H27FN4. The molecule has 1 saturated heterocycles. The molecule has 5 heteroatoms. The maximum Gasteiger partial charge on any atom is 0.125 e. The lowest BCUT2D eigenvalue weighted by molar-refractivity contribution is 0.125. The molecule has 0 bridgehead atoms. The molecule has 4 rings (SSSR count). The Labute approximate surface area is 160 Å². The maximum atomic E-state index is 13.4. The second-order valence-corrected chi connectivity index (χ2v) is 7.40.